The van der Waals surface area contributed by atoms with E-state index < -0.39 is 5.91 Å². The molecule has 0 radical (unpaired) electrons. The zero-order valence-corrected chi connectivity index (χ0v) is 25.0. The summed E-state index contributed by atoms with van der Waals surface area (Å²) in [6, 6.07) is 18.8. The van der Waals surface area contributed by atoms with Crippen LogP contribution in [0.15, 0.2) is 82.4 Å². The van der Waals surface area contributed by atoms with Crippen molar-refractivity contribution in [2.75, 3.05) is 24.4 Å². The Balaban J connectivity index is 1.29. The summed E-state index contributed by atoms with van der Waals surface area (Å²) in [6.07, 6.45) is 6.98. The molecule has 4 heterocycles. The average molecular weight is 608 g/mol. The van der Waals surface area contributed by atoms with E-state index in [2.05, 4.69) is 25.7 Å². The Labute approximate surface area is 259 Å². The monoisotopic (exact) mass is 607 g/mol. The first-order chi connectivity index (χ1) is 22.0. The van der Waals surface area contributed by atoms with Gasteiger partial charge in [0.2, 0.25) is 5.76 Å². The Hall–Kier alpha value is -5.23. The van der Waals surface area contributed by atoms with Crippen molar-refractivity contribution in [3.63, 3.8) is 0 Å². The molecule has 0 aliphatic heterocycles. The van der Waals surface area contributed by atoms with E-state index in [1.54, 1.807) is 50.9 Å². The van der Waals surface area contributed by atoms with E-state index in [-0.39, 0.29) is 29.5 Å². The van der Waals surface area contributed by atoms with Crippen molar-refractivity contribution in [2.24, 2.45) is 0 Å². The van der Waals surface area contributed by atoms with Gasteiger partial charge in [0, 0.05) is 38.2 Å². The zero-order chi connectivity index (χ0) is 30.9. The molecule has 7 rings (SSSR count). The summed E-state index contributed by atoms with van der Waals surface area (Å²) >= 11 is 0. The van der Waals surface area contributed by atoms with Crippen LogP contribution in [0.3, 0.4) is 0 Å². The van der Waals surface area contributed by atoms with E-state index in [4.69, 9.17) is 19.0 Å². The Bertz CT molecular complexity index is 1880. The van der Waals surface area contributed by atoms with E-state index in [9.17, 15) is 9.59 Å². The summed E-state index contributed by atoms with van der Waals surface area (Å²) in [5, 5.41) is 10.6. The number of nitrogens with one attached hydrogen (secondary N) is 2. The molecule has 2 fully saturated rings. The second-order valence-corrected chi connectivity index (χ2v) is 11.3. The normalized spacial score (nSPS) is 17.5. The Morgan fingerprint density at radius 1 is 1.04 bits per heavy atom. The van der Waals surface area contributed by atoms with Crippen molar-refractivity contribution >= 4 is 34.1 Å². The van der Waals surface area contributed by atoms with E-state index in [1.807, 2.05) is 36.4 Å². The van der Waals surface area contributed by atoms with Gasteiger partial charge in [0.15, 0.2) is 5.52 Å². The lowest BCUT2D eigenvalue weighted by atomic mass is 9.89. The number of rotatable bonds is 11. The van der Waals surface area contributed by atoms with Crippen LogP contribution in [0.2, 0.25) is 0 Å². The van der Waals surface area contributed by atoms with Gasteiger partial charge in [-0.25, -0.2) is 9.97 Å². The highest BCUT2D eigenvalue weighted by molar-refractivity contribution is 6.05. The van der Waals surface area contributed by atoms with Gasteiger partial charge in [-0.1, -0.05) is 23.4 Å². The summed E-state index contributed by atoms with van der Waals surface area (Å²) in [6.45, 7) is 0.594. The van der Waals surface area contributed by atoms with Gasteiger partial charge in [-0.2, -0.15) is 0 Å². The summed E-state index contributed by atoms with van der Waals surface area (Å²) in [5.41, 5.74) is 2.62. The predicted octanol–water partition coefficient (Wildman–Crippen LogP) is 4.60. The van der Waals surface area contributed by atoms with Crippen LogP contribution in [-0.2, 0) is 11.3 Å². The number of hydrogen-bond acceptors (Lipinski definition) is 10. The van der Waals surface area contributed by atoms with Crippen LogP contribution in [0.1, 0.15) is 41.8 Å². The highest BCUT2D eigenvalue weighted by Gasteiger charge is 2.36. The number of anilines is 3. The summed E-state index contributed by atoms with van der Waals surface area (Å²) < 4.78 is 18.0. The number of pyridine rings is 3. The number of carbonyl (C=O) groups is 1. The summed E-state index contributed by atoms with van der Waals surface area (Å²) in [5.74, 6) is 1.26. The number of amides is 1. The first-order valence-corrected chi connectivity index (χ1v) is 15.0. The molecule has 2 aliphatic carbocycles. The fourth-order valence-corrected chi connectivity index (χ4v) is 5.62. The molecule has 4 aromatic heterocycles. The third-order valence-electron chi connectivity index (χ3n) is 8.37. The summed E-state index contributed by atoms with van der Waals surface area (Å²) in [4.78, 5) is 38.3. The van der Waals surface area contributed by atoms with Crippen molar-refractivity contribution < 1.29 is 18.8 Å². The van der Waals surface area contributed by atoms with Gasteiger partial charge in [0.25, 0.3) is 11.5 Å². The maximum Gasteiger partial charge on any atom is 0.292 e. The largest absolute Gasteiger partial charge is 0.497 e. The van der Waals surface area contributed by atoms with Crippen molar-refractivity contribution in [3.8, 4) is 11.6 Å². The molecule has 12 nitrogen and oxygen atoms in total. The van der Waals surface area contributed by atoms with E-state index in [0.29, 0.717) is 34.9 Å². The minimum absolute atomic E-state index is 0.0100. The van der Waals surface area contributed by atoms with Gasteiger partial charge >= 0.3 is 0 Å². The van der Waals surface area contributed by atoms with Gasteiger partial charge < -0.3 is 29.5 Å². The number of methoxy groups -OCH3 is 2. The molecule has 0 saturated heterocycles. The summed E-state index contributed by atoms with van der Waals surface area (Å²) in [7, 11) is 3.28. The van der Waals surface area contributed by atoms with E-state index in [1.165, 1.54) is 4.57 Å². The molecule has 0 spiro atoms. The molecule has 230 valence electrons. The second kappa shape index (κ2) is 12.0. The SMILES string of the molecule is COc1ccc(CN(c2cc(Nc3cccn(-c4ccccn4)c3=O)nc3c(C(=O)N[C@@H]4CC[C@H]4OC)onc23)C2CC2)cc1. The quantitative estimate of drug-likeness (QED) is 0.219. The van der Waals surface area contributed by atoms with Gasteiger partial charge in [-0.3, -0.25) is 14.2 Å². The Kier molecular flexibility index (Phi) is 7.64. The first kappa shape index (κ1) is 28.5. The molecule has 2 N–H and O–H groups in total. The number of carbonyl (C=O) groups excluding carboxylic acids is 1. The van der Waals surface area contributed by atoms with Gasteiger partial charge in [-0.05, 0) is 67.6 Å². The lowest BCUT2D eigenvalue weighted by Crippen LogP contribution is -2.51. The minimum atomic E-state index is -0.412. The van der Waals surface area contributed by atoms with Crippen molar-refractivity contribution in [2.45, 2.75) is 50.4 Å². The molecular formula is C33H33N7O5. The molecule has 2 atom stereocenters. The molecule has 5 aromatic rings. The maximum absolute atomic E-state index is 13.5. The van der Waals surface area contributed by atoms with Gasteiger partial charge in [-0.15, -0.1) is 0 Å². The second-order valence-electron chi connectivity index (χ2n) is 11.3. The number of ether oxygens (including phenoxy) is 2. The number of benzene rings is 1. The van der Waals surface area contributed by atoms with E-state index in [0.717, 1.165) is 42.7 Å². The fraction of sp³-hybridized carbons (Fsp3) is 0.303. The van der Waals surface area contributed by atoms with Crippen LogP contribution in [0.5, 0.6) is 5.75 Å². The smallest absolute Gasteiger partial charge is 0.292 e. The van der Waals surface area contributed by atoms with E-state index >= 15 is 0 Å². The number of nitrogens with zero attached hydrogens (tertiary/aromatic N) is 5. The van der Waals surface area contributed by atoms with Crippen molar-refractivity contribution in [3.05, 3.63) is 94.7 Å². The van der Waals surface area contributed by atoms with Crippen LogP contribution >= 0.6 is 0 Å². The lowest BCUT2D eigenvalue weighted by Gasteiger charge is -2.35. The Morgan fingerprint density at radius 2 is 1.89 bits per heavy atom. The molecule has 2 aliphatic rings. The topological polar surface area (TPSA) is 137 Å². The first-order valence-electron chi connectivity index (χ1n) is 15.0. The zero-order valence-electron chi connectivity index (χ0n) is 25.0. The average Bonchev–Trinajstić information content (AvgIpc) is 3.81. The molecule has 0 bridgehead atoms. The van der Waals surface area contributed by atoms with Gasteiger partial charge in [0.05, 0.1) is 24.9 Å². The number of fused-ring (bicyclic) bond motifs is 1. The van der Waals surface area contributed by atoms with Gasteiger partial charge in [0.1, 0.15) is 28.6 Å². The number of hydrogen-bond donors (Lipinski definition) is 2. The molecule has 1 amide bonds. The maximum atomic E-state index is 13.5. The van der Waals surface area contributed by atoms with Crippen LogP contribution < -0.4 is 25.8 Å². The standard InChI is InChI=1S/C33H33N7O5/c1-43-22-12-8-20(9-13-22)19-40(21-10-11-21)25-18-27(35-24-6-5-17-39(33(24)42)28-7-3-4-16-34-28)37-30-29(25)38-45-31(30)32(41)36-23-14-15-26(23)44-2/h3-9,12-13,16-18,21,23,26H,10-11,14-15,19H2,1-2H3,(H,35,37)(H,36,41)/t23-,26-/m1/s1. The molecule has 45 heavy (non-hydrogen) atoms. The molecular weight excluding hydrogens is 574 g/mol. The van der Waals surface area contributed by atoms with Crippen LogP contribution in [0.4, 0.5) is 17.2 Å². The van der Waals surface area contributed by atoms with Crippen LogP contribution in [-0.4, -0.2) is 58.0 Å². The third kappa shape index (κ3) is 5.72. The van der Waals surface area contributed by atoms with Crippen molar-refractivity contribution in [1.82, 2.24) is 25.0 Å². The molecule has 0 unspecified atom stereocenters. The Morgan fingerprint density at radius 3 is 2.58 bits per heavy atom. The highest BCUT2D eigenvalue weighted by atomic mass is 16.5. The third-order valence-corrected chi connectivity index (χ3v) is 8.37. The fourth-order valence-electron chi connectivity index (χ4n) is 5.62. The minimum Gasteiger partial charge on any atom is -0.497 e. The van der Waals surface area contributed by atoms with Crippen LogP contribution in [0, 0.1) is 0 Å². The number of aromatic nitrogens is 4. The lowest BCUT2D eigenvalue weighted by molar-refractivity contribution is 0.00678. The van der Waals surface area contributed by atoms with Crippen molar-refractivity contribution in [1.29, 1.82) is 0 Å². The molecule has 12 heteroatoms. The van der Waals surface area contributed by atoms with Crippen LogP contribution in [0.25, 0.3) is 16.9 Å². The predicted molar refractivity (Wildman–Crippen MR) is 168 cm³/mol. The molecule has 1 aromatic carbocycles. The highest BCUT2D eigenvalue weighted by Crippen LogP contribution is 2.39. The molecule has 2 saturated carbocycles.